The third-order valence-electron chi connectivity index (χ3n) is 3.44. The standard InChI is InChI=1S/C15H14F2N4O/c16-12-1-2-13(14(17)7-12)15(22,8-20-5-3-18-10-20)9-21-6-4-19-11-21/h1-7,10-11,22H,8-9H2. The van der Waals surface area contributed by atoms with Gasteiger partial charge in [-0.2, -0.15) is 0 Å². The van der Waals surface area contributed by atoms with Crippen molar-refractivity contribution in [3.8, 4) is 0 Å². The number of hydrogen-bond acceptors (Lipinski definition) is 3. The average molecular weight is 304 g/mol. The maximum atomic E-state index is 14.2. The minimum absolute atomic E-state index is 0.0244. The predicted molar refractivity (Wildman–Crippen MR) is 74.7 cm³/mol. The van der Waals surface area contributed by atoms with Gasteiger partial charge >= 0.3 is 0 Å². The van der Waals surface area contributed by atoms with Crippen molar-refractivity contribution in [1.29, 1.82) is 0 Å². The molecular formula is C15H14F2N4O. The summed E-state index contributed by atoms with van der Waals surface area (Å²) in [7, 11) is 0. The van der Waals surface area contributed by atoms with Crippen LogP contribution in [0, 0.1) is 11.6 Å². The molecule has 0 bridgehead atoms. The number of aromatic nitrogens is 4. The minimum Gasteiger partial charge on any atom is -0.381 e. The van der Waals surface area contributed by atoms with Gasteiger partial charge in [-0.1, -0.05) is 6.07 Å². The number of imidazole rings is 2. The Balaban J connectivity index is 2.01. The second-order valence-electron chi connectivity index (χ2n) is 5.13. The summed E-state index contributed by atoms with van der Waals surface area (Å²) in [6.07, 6.45) is 9.53. The van der Waals surface area contributed by atoms with Crippen LogP contribution in [0.25, 0.3) is 0 Å². The molecule has 2 heterocycles. The fraction of sp³-hybridized carbons (Fsp3) is 0.200. The van der Waals surface area contributed by atoms with Crippen molar-refractivity contribution < 1.29 is 13.9 Å². The average Bonchev–Trinajstić information content (AvgIpc) is 3.12. The lowest BCUT2D eigenvalue weighted by Crippen LogP contribution is -2.36. The Morgan fingerprint density at radius 3 is 2.05 bits per heavy atom. The number of aliphatic hydroxyl groups is 1. The zero-order chi connectivity index (χ0) is 15.6. The highest BCUT2D eigenvalue weighted by Crippen LogP contribution is 2.28. The van der Waals surface area contributed by atoms with Gasteiger partial charge in [-0.3, -0.25) is 0 Å². The van der Waals surface area contributed by atoms with Crippen LogP contribution in [-0.2, 0) is 18.7 Å². The molecule has 0 fully saturated rings. The van der Waals surface area contributed by atoms with Crippen LogP contribution in [0.1, 0.15) is 5.56 Å². The van der Waals surface area contributed by atoms with Crippen molar-refractivity contribution in [2.24, 2.45) is 0 Å². The molecule has 0 aliphatic heterocycles. The van der Waals surface area contributed by atoms with Crippen LogP contribution in [-0.4, -0.2) is 24.2 Å². The molecule has 1 aromatic carbocycles. The molecule has 0 amide bonds. The Morgan fingerprint density at radius 2 is 1.59 bits per heavy atom. The molecule has 0 aliphatic carbocycles. The van der Waals surface area contributed by atoms with Crippen LogP contribution in [0.5, 0.6) is 0 Å². The van der Waals surface area contributed by atoms with Gasteiger partial charge in [0.05, 0.1) is 25.7 Å². The summed E-state index contributed by atoms with van der Waals surface area (Å²) in [5, 5.41) is 11.0. The summed E-state index contributed by atoms with van der Waals surface area (Å²) in [6, 6.07) is 3.16. The number of hydrogen-bond donors (Lipinski definition) is 1. The van der Waals surface area contributed by atoms with Gasteiger partial charge in [-0.25, -0.2) is 18.7 Å². The monoisotopic (exact) mass is 304 g/mol. The Labute approximate surface area is 125 Å². The van der Waals surface area contributed by atoms with Crippen LogP contribution in [0.3, 0.4) is 0 Å². The number of rotatable bonds is 5. The SMILES string of the molecule is OC(Cn1ccnc1)(Cn1ccnc1)c1ccc(F)cc1F. The Kier molecular flexibility index (Phi) is 3.72. The first-order valence-electron chi connectivity index (χ1n) is 6.66. The van der Waals surface area contributed by atoms with Gasteiger partial charge in [0.15, 0.2) is 0 Å². The second kappa shape index (κ2) is 5.69. The van der Waals surface area contributed by atoms with Crippen molar-refractivity contribution in [2.75, 3.05) is 0 Å². The minimum atomic E-state index is -1.57. The van der Waals surface area contributed by atoms with Crippen LogP contribution in [0.4, 0.5) is 8.78 Å². The molecule has 114 valence electrons. The molecule has 0 saturated heterocycles. The molecule has 0 saturated carbocycles. The van der Waals surface area contributed by atoms with E-state index in [2.05, 4.69) is 9.97 Å². The van der Waals surface area contributed by atoms with Crippen molar-refractivity contribution in [2.45, 2.75) is 18.7 Å². The Hall–Kier alpha value is -2.54. The number of nitrogens with zero attached hydrogens (tertiary/aromatic N) is 4. The maximum Gasteiger partial charge on any atom is 0.132 e. The fourth-order valence-electron chi connectivity index (χ4n) is 2.45. The molecule has 0 unspecified atom stereocenters. The van der Waals surface area contributed by atoms with E-state index in [1.54, 1.807) is 33.9 Å². The lowest BCUT2D eigenvalue weighted by molar-refractivity contribution is -0.00230. The lowest BCUT2D eigenvalue weighted by atomic mass is 9.92. The highest BCUT2D eigenvalue weighted by atomic mass is 19.1. The third kappa shape index (κ3) is 2.89. The molecule has 5 nitrogen and oxygen atoms in total. The van der Waals surface area contributed by atoms with Gasteiger partial charge in [0, 0.05) is 36.4 Å². The summed E-state index contributed by atoms with van der Waals surface area (Å²) in [6.45, 7) is 0.154. The largest absolute Gasteiger partial charge is 0.381 e. The Bertz CT molecular complexity index is 705. The van der Waals surface area contributed by atoms with Crippen LogP contribution in [0.2, 0.25) is 0 Å². The summed E-state index contributed by atoms with van der Waals surface area (Å²) in [5.74, 6) is -1.48. The van der Waals surface area contributed by atoms with Gasteiger partial charge in [0.1, 0.15) is 17.2 Å². The molecule has 0 radical (unpaired) electrons. The van der Waals surface area contributed by atoms with Crippen molar-refractivity contribution in [1.82, 2.24) is 19.1 Å². The first-order valence-corrected chi connectivity index (χ1v) is 6.66. The summed E-state index contributed by atoms with van der Waals surface area (Å²) in [5.41, 5.74) is -1.55. The number of benzene rings is 1. The Morgan fingerprint density at radius 1 is 1.00 bits per heavy atom. The normalized spacial score (nSPS) is 11.8. The van der Waals surface area contributed by atoms with Crippen LogP contribution in [0.15, 0.2) is 55.6 Å². The summed E-state index contributed by atoms with van der Waals surface area (Å²) < 4.78 is 30.6. The first-order chi connectivity index (χ1) is 10.6. The van der Waals surface area contributed by atoms with E-state index < -0.39 is 17.2 Å². The van der Waals surface area contributed by atoms with E-state index in [0.717, 1.165) is 12.1 Å². The van der Waals surface area contributed by atoms with E-state index in [1.807, 2.05) is 0 Å². The summed E-state index contributed by atoms with van der Waals surface area (Å²) in [4.78, 5) is 7.83. The molecule has 3 rings (SSSR count). The van der Waals surface area contributed by atoms with Gasteiger partial charge in [0.25, 0.3) is 0 Å². The smallest absolute Gasteiger partial charge is 0.132 e. The van der Waals surface area contributed by atoms with Crippen LogP contribution < -0.4 is 0 Å². The molecule has 22 heavy (non-hydrogen) atoms. The molecule has 0 aliphatic rings. The molecule has 0 atom stereocenters. The molecule has 2 aromatic heterocycles. The second-order valence-corrected chi connectivity index (χ2v) is 5.13. The van der Waals surface area contributed by atoms with Crippen molar-refractivity contribution in [3.63, 3.8) is 0 Å². The van der Waals surface area contributed by atoms with Gasteiger partial charge < -0.3 is 14.2 Å². The molecule has 3 aromatic rings. The molecule has 1 N–H and O–H groups in total. The fourth-order valence-corrected chi connectivity index (χ4v) is 2.45. The number of halogens is 2. The highest BCUT2D eigenvalue weighted by molar-refractivity contribution is 5.25. The van der Waals surface area contributed by atoms with Gasteiger partial charge in [-0.15, -0.1) is 0 Å². The van der Waals surface area contributed by atoms with E-state index in [9.17, 15) is 13.9 Å². The van der Waals surface area contributed by atoms with E-state index >= 15 is 0 Å². The first kappa shape index (κ1) is 14.4. The summed E-state index contributed by atoms with van der Waals surface area (Å²) >= 11 is 0. The van der Waals surface area contributed by atoms with E-state index in [4.69, 9.17) is 0 Å². The van der Waals surface area contributed by atoms with Crippen LogP contribution >= 0.6 is 0 Å². The quantitative estimate of drug-likeness (QED) is 0.784. The van der Waals surface area contributed by atoms with Gasteiger partial charge in [0.2, 0.25) is 0 Å². The molecule has 0 spiro atoms. The van der Waals surface area contributed by atoms with Crippen molar-refractivity contribution in [3.05, 3.63) is 72.8 Å². The van der Waals surface area contributed by atoms with E-state index in [-0.39, 0.29) is 18.7 Å². The van der Waals surface area contributed by atoms with E-state index in [1.165, 1.54) is 18.7 Å². The van der Waals surface area contributed by atoms with E-state index in [0.29, 0.717) is 0 Å². The van der Waals surface area contributed by atoms with Crippen molar-refractivity contribution >= 4 is 0 Å². The molecule has 7 heteroatoms. The zero-order valence-electron chi connectivity index (χ0n) is 11.6. The molecular weight excluding hydrogens is 290 g/mol. The third-order valence-corrected chi connectivity index (χ3v) is 3.44. The topological polar surface area (TPSA) is 55.9 Å². The highest BCUT2D eigenvalue weighted by Gasteiger charge is 2.33. The zero-order valence-corrected chi connectivity index (χ0v) is 11.6. The maximum absolute atomic E-state index is 14.2. The van der Waals surface area contributed by atoms with Gasteiger partial charge in [-0.05, 0) is 6.07 Å². The lowest BCUT2D eigenvalue weighted by Gasteiger charge is -2.29. The predicted octanol–water partition coefficient (Wildman–Crippen LogP) is 1.95.